The minimum atomic E-state index is -5.34. The number of sulfonamides is 1. The average Bonchev–Trinajstić information content (AvgIpc) is 3.37. The summed E-state index contributed by atoms with van der Waals surface area (Å²) in [6, 6.07) is 2.96. The Kier molecular flexibility index (Phi) is 7.07. The van der Waals surface area contributed by atoms with Crippen molar-refractivity contribution in [2.24, 2.45) is 7.05 Å². The van der Waals surface area contributed by atoms with Crippen molar-refractivity contribution in [3.05, 3.63) is 81.6 Å². The van der Waals surface area contributed by atoms with Crippen molar-refractivity contribution in [2.75, 3.05) is 11.4 Å². The fourth-order valence-electron chi connectivity index (χ4n) is 5.41. The fourth-order valence-corrected chi connectivity index (χ4v) is 7.15. The molecule has 226 valence electrons. The number of halogens is 5. The molecule has 1 atom stereocenters. The number of aryl methyl sites for hydroxylation is 3. The third-order valence-electron chi connectivity index (χ3n) is 7.78. The molecule has 1 saturated heterocycles. The second-order valence-electron chi connectivity index (χ2n) is 10.4. The molecule has 4 heterocycles. The van der Waals surface area contributed by atoms with Crippen LogP contribution in [0.5, 0.6) is 0 Å². The number of amides is 1. The van der Waals surface area contributed by atoms with Crippen LogP contribution >= 0.6 is 0 Å². The number of nitrogens with zero attached hydrogens (tertiary/aromatic N) is 6. The molecule has 2 aromatic heterocycles. The molecule has 0 bridgehead atoms. The van der Waals surface area contributed by atoms with E-state index >= 15 is 0 Å². The van der Waals surface area contributed by atoms with E-state index in [9.17, 15) is 40.0 Å². The molecule has 0 N–H and O–H groups in total. The van der Waals surface area contributed by atoms with E-state index in [4.69, 9.17) is 0 Å². The minimum Gasteiger partial charge on any atom is -0.335 e. The SMILES string of the molecule is Cn1ncc2cc(N(Cc3cn4c(n3)CCCC4)C(=O)C3CCN3S(=O)(=O)c3c(F)c(F)c(F)c(F)c3F)ccc2c1=O. The topological polar surface area (TPSA) is 110 Å². The van der Waals surface area contributed by atoms with Crippen LogP contribution in [0.25, 0.3) is 10.8 Å². The number of hydrogen-bond donors (Lipinski definition) is 0. The molecular formula is C27H23F5N6O4S. The molecule has 0 radical (unpaired) electrons. The van der Waals surface area contributed by atoms with Gasteiger partial charge in [0.2, 0.25) is 21.7 Å². The predicted molar refractivity (Wildman–Crippen MR) is 142 cm³/mol. The van der Waals surface area contributed by atoms with Gasteiger partial charge in [0, 0.05) is 43.8 Å². The number of anilines is 1. The molecule has 0 aliphatic carbocycles. The van der Waals surface area contributed by atoms with Crippen LogP contribution < -0.4 is 10.5 Å². The van der Waals surface area contributed by atoms with Crippen LogP contribution in [0.4, 0.5) is 27.6 Å². The van der Waals surface area contributed by atoms with Crippen molar-refractivity contribution in [3.63, 3.8) is 0 Å². The monoisotopic (exact) mass is 622 g/mol. The van der Waals surface area contributed by atoms with Crippen molar-refractivity contribution in [1.29, 1.82) is 0 Å². The Hall–Kier alpha value is -4.18. The molecule has 10 nitrogen and oxygen atoms in total. The Balaban J connectivity index is 1.40. The number of aromatic nitrogens is 4. The van der Waals surface area contributed by atoms with Crippen LogP contribution in [0.15, 0.2) is 40.3 Å². The van der Waals surface area contributed by atoms with Gasteiger partial charge in [-0.25, -0.2) is 40.0 Å². The molecule has 4 aromatic rings. The normalized spacial score (nSPS) is 17.1. The first kappa shape index (κ1) is 28.9. The van der Waals surface area contributed by atoms with Crippen LogP contribution in [-0.4, -0.2) is 50.5 Å². The summed E-state index contributed by atoms with van der Waals surface area (Å²) in [6.45, 7) is 0.204. The van der Waals surface area contributed by atoms with Gasteiger partial charge in [-0.05, 0) is 37.5 Å². The summed E-state index contributed by atoms with van der Waals surface area (Å²) in [5.41, 5.74) is 0.350. The summed E-state index contributed by atoms with van der Waals surface area (Å²) in [7, 11) is -3.87. The summed E-state index contributed by atoms with van der Waals surface area (Å²) in [4.78, 5) is 30.3. The van der Waals surface area contributed by atoms with Crippen LogP contribution in [-0.2, 0) is 41.4 Å². The van der Waals surface area contributed by atoms with Crippen molar-refractivity contribution >= 4 is 32.4 Å². The van der Waals surface area contributed by atoms with Gasteiger partial charge in [0.05, 0.1) is 23.8 Å². The summed E-state index contributed by atoms with van der Waals surface area (Å²) < 4.78 is 100. The maximum absolute atomic E-state index is 14.5. The average molecular weight is 623 g/mol. The second kappa shape index (κ2) is 10.5. The zero-order valence-electron chi connectivity index (χ0n) is 22.5. The van der Waals surface area contributed by atoms with Crippen LogP contribution in [0.1, 0.15) is 30.8 Å². The number of hydrogen-bond acceptors (Lipinski definition) is 6. The van der Waals surface area contributed by atoms with E-state index in [0.717, 1.165) is 36.3 Å². The largest absolute Gasteiger partial charge is 0.335 e. The predicted octanol–water partition coefficient (Wildman–Crippen LogP) is 3.16. The van der Waals surface area contributed by atoms with Crippen molar-refractivity contribution in [1.82, 2.24) is 23.6 Å². The van der Waals surface area contributed by atoms with E-state index < -0.39 is 62.5 Å². The molecule has 1 fully saturated rings. The van der Waals surface area contributed by atoms with Gasteiger partial charge in [-0.2, -0.15) is 9.40 Å². The molecule has 43 heavy (non-hydrogen) atoms. The molecule has 0 spiro atoms. The van der Waals surface area contributed by atoms with E-state index in [1.807, 2.05) is 4.57 Å². The van der Waals surface area contributed by atoms with Crippen LogP contribution in [0.3, 0.4) is 0 Å². The number of carbonyl (C=O) groups excluding carboxylic acids is 1. The van der Waals surface area contributed by atoms with Crippen LogP contribution in [0.2, 0.25) is 0 Å². The highest BCUT2D eigenvalue weighted by molar-refractivity contribution is 7.89. The van der Waals surface area contributed by atoms with Gasteiger partial charge in [-0.3, -0.25) is 9.59 Å². The smallest absolute Gasteiger partial charge is 0.274 e. The highest BCUT2D eigenvalue weighted by atomic mass is 32.2. The Morgan fingerprint density at radius 1 is 1.02 bits per heavy atom. The van der Waals surface area contributed by atoms with E-state index in [2.05, 4.69) is 10.1 Å². The van der Waals surface area contributed by atoms with Gasteiger partial charge in [0.15, 0.2) is 28.2 Å². The van der Waals surface area contributed by atoms with E-state index in [0.29, 0.717) is 20.8 Å². The lowest BCUT2D eigenvalue weighted by molar-refractivity contribution is -0.125. The first-order chi connectivity index (χ1) is 20.4. The van der Waals surface area contributed by atoms with Gasteiger partial charge >= 0.3 is 0 Å². The molecule has 0 saturated carbocycles. The number of carbonyl (C=O) groups is 1. The highest BCUT2D eigenvalue weighted by Crippen LogP contribution is 2.35. The molecule has 2 aliphatic rings. The molecule has 1 unspecified atom stereocenters. The van der Waals surface area contributed by atoms with Crippen molar-refractivity contribution in [2.45, 2.75) is 49.7 Å². The molecule has 2 aliphatic heterocycles. The lowest BCUT2D eigenvalue weighted by atomic mass is 10.0. The number of imidazole rings is 1. The van der Waals surface area contributed by atoms with Gasteiger partial charge in [0.1, 0.15) is 11.9 Å². The van der Waals surface area contributed by atoms with E-state index in [1.165, 1.54) is 36.3 Å². The van der Waals surface area contributed by atoms with Gasteiger partial charge in [-0.1, -0.05) is 0 Å². The molecule has 1 amide bonds. The standard InChI is InChI=1S/C27H23F5N6O4S/c1-35-26(39)17-6-5-16(10-14(17)11-33-35)37(13-15-12-36-8-3-2-4-19(36)34-15)27(40)18-7-9-38(18)43(41,42)25-23(31)21(29)20(28)22(30)24(25)32/h5-6,10-12,18H,2-4,7-9,13H2,1H3. The van der Waals surface area contributed by atoms with E-state index in [-0.39, 0.29) is 24.2 Å². The quantitative estimate of drug-likeness (QED) is 0.186. The Morgan fingerprint density at radius 2 is 1.72 bits per heavy atom. The first-order valence-corrected chi connectivity index (χ1v) is 14.7. The number of benzene rings is 2. The Bertz CT molecular complexity index is 1930. The Morgan fingerprint density at radius 3 is 2.37 bits per heavy atom. The summed E-state index contributed by atoms with van der Waals surface area (Å²) in [5, 5.41) is 4.70. The maximum atomic E-state index is 14.5. The molecule has 16 heteroatoms. The van der Waals surface area contributed by atoms with Crippen molar-refractivity contribution in [3.8, 4) is 0 Å². The number of rotatable bonds is 6. The highest BCUT2D eigenvalue weighted by Gasteiger charge is 2.48. The zero-order valence-corrected chi connectivity index (χ0v) is 23.3. The molecular weight excluding hydrogens is 599 g/mol. The summed E-state index contributed by atoms with van der Waals surface area (Å²) >= 11 is 0. The van der Waals surface area contributed by atoms with Crippen LogP contribution in [0, 0.1) is 29.1 Å². The first-order valence-electron chi connectivity index (χ1n) is 13.3. The van der Waals surface area contributed by atoms with E-state index in [1.54, 1.807) is 6.20 Å². The molecule has 2 aromatic carbocycles. The van der Waals surface area contributed by atoms with Gasteiger partial charge in [0.25, 0.3) is 5.56 Å². The number of fused-ring (bicyclic) bond motifs is 2. The van der Waals surface area contributed by atoms with Crippen molar-refractivity contribution < 1.29 is 35.2 Å². The van der Waals surface area contributed by atoms with Gasteiger partial charge < -0.3 is 9.47 Å². The summed E-state index contributed by atoms with van der Waals surface area (Å²) in [5.74, 6) is -12.4. The Labute approximate surface area is 241 Å². The lowest BCUT2D eigenvalue weighted by Crippen LogP contribution is -2.59. The minimum absolute atomic E-state index is 0.0840. The fraction of sp³-hybridized carbons (Fsp3) is 0.333. The second-order valence-corrected chi connectivity index (χ2v) is 12.2. The zero-order chi connectivity index (χ0) is 30.8. The third-order valence-corrected chi connectivity index (χ3v) is 9.71. The van der Waals surface area contributed by atoms with Gasteiger partial charge in [-0.15, -0.1) is 0 Å². The maximum Gasteiger partial charge on any atom is 0.274 e. The third kappa shape index (κ3) is 4.68. The lowest BCUT2D eigenvalue weighted by Gasteiger charge is -2.41. The summed E-state index contributed by atoms with van der Waals surface area (Å²) in [6.07, 6.45) is 5.73. The molecule has 6 rings (SSSR count).